The van der Waals surface area contributed by atoms with Crippen LogP contribution < -0.4 is 14.2 Å². The second-order valence-electron chi connectivity index (χ2n) is 8.36. The van der Waals surface area contributed by atoms with Crippen LogP contribution in [0.2, 0.25) is 0 Å². The lowest BCUT2D eigenvalue weighted by Crippen LogP contribution is -2.27. The molecule has 1 atom stereocenters. The summed E-state index contributed by atoms with van der Waals surface area (Å²) in [4.78, 5) is 25.8. The van der Waals surface area contributed by atoms with Crippen molar-refractivity contribution in [1.82, 2.24) is 15.0 Å². The van der Waals surface area contributed by atoms with Gasteiger partial charge in [0.25, 0.3) is 0 Å². The van der Waals surface area contributed by atoms with Gasteiger partial charge in [0.15, 0.2) is 29.4 Å². The Labute approximate surface area is 220 Å². The number of aliphatic hydroxyl groups is 1. The van der Waals surface area contributed by atoms with E-state index >= 15 is 0 Å². The van der Waals surface area contributed by atoms with Crippen LogP contribution in [0.3, 0.4) is 0 Å². The lowest BCUT2D eigenvalue weighted by atomic mass is 10.1. The van der Waals surface area contributed by atoms with Crippen LogP contribution in [0.1, 0.15) is 6.92 Å². The maximum atomic E-state index is 11.8. The Balaban J connectivity index is 1.77. The Morgan fingerprint density at radius 1 is 0.842 bits per heavy atom. The van der Waals surface area contributed by atoms with Crippen LogP contribution >= 0.6 is 0 Å². The number of Topliss-reactive ketones (excluding diaryl/α,β-unsaturated/α-hetero) is 1. The summed E-state index contributed by atoms with van der Waals surface area (Å²) in [5.74, 6) is 1.63. The maximum absolute atomic E-state index is 11.8. The first-order valence-electron chi connectivity index (χ1n) is 11.7. The number of benzene rings is 3. The minimum atomic E-state index is -1.36. The number of nitrogens with zero attached hydrogens (tertiary/aromatic N) is 3. The number of aromatic nitrogens is 3. The largest absolute Gasteiger partial charge is 0.507 e. The average Bonchev–Trinajstić information content (AvgIpc) is 2.95. The van der Waals surface area contributed by atoms with Gasteiger partial charge in [-0.15, -0.1) is 0 Å². The van der Waals surface area contributed by atoms with Crippen LogP contribution in [0.15, 0.2) is 78.9 Å². The van der Waals surface area contributed by atoms with Gasteiger partial charge >= 0.3 is 0 Å². The molecule has 9 heteroatoms. The fourth-order valence-electron chi connectivity index (χ4n) is 3.72. The van der Waals surface area contributed by atoms with Gasteiger partial charge in [-0.3, -0.25) is 4.79 Å². The van der Waals surface area contributed by atoms with E-state index in [2.05, 4.69) is 21.5 Å². The van der Waals surface area contributed by atoms with Gasteiger partial charge in [-0.1, -0.05) is 30.8 Å². The number of hydrogen-bond donors (Lipinski definition) is 2. The van der Waals surface area contributed by atoms with E-state index in [1.807, 2.05) is 36.4 Å². The smallest absolute Gasteiger partial charge is 0.189 e. The summed E-state index contributed by atoms with van der Waals surface area (Å²) in [5.41, 5.74) is 1.84. The quantitative estimate of drug-likeness (QED) is 0.295. The molecule has 4 rings (SSSR count). The molecular weight excluding hydrogens is 486 g/mol. The van der Waals surface area contributed by atoms with E-state index in [-0.39, 0.29) is 29.5 Å². The Morgan fingerprint density at radius 3 is 1.82 bits per heavy atom. The normalized spacial score (nSPS) is 11.5. The Morgan fingerprint density at radius 2 is 1.34 bits per heavy atom. The van der Waals surface area contributed by atoms with Crippen molar-refractivity contribution in [3.05, 3.63) is 78.9 Å². The number of hydrogen-bond acceptors (Lipinski definition) is 9. The fourth-order valence-corrected chi connectivity index (χ4v) is 3.72. The van der Waals surface area contributed by atoms with E-state index in [4.69, 9.17) is 14.2 Å². The molecule has 9 nitrogen and oxygen atoms in total. The molecule has 0 saturated carbocycles. The number of carbonyl (C=O) groups excluding carboxylic acids is 1. The number of aliphatic hydroxyl groups excluding tert-OH is 1. The highest BCUT2D eigenvalue weighted by atomic mass is 16.5. The highest BCUT2D eigenvalue weighted by Crippen LogP contribution is 2.36. The van der Waals surface area contributed by atoms with Crippen molar-refractivity contribution in [2.45, 2.75) is 13.0 Å². The molecule has 2 N–H and O–H groups in total. The summed E-state index contributed by atoms with van der Waals surface area (Å²) in [7, 11) is 3.13. The van der Waals surface area contributed by atoms with E-state index in [1.54, 1.807) is 38.5 Å². The molecule has 0 fully saturated rings. The van der Waals surface area contributed by atoms with Crippen LogP contribution in [0.5, 0.6) is 23.0 Å². The fraction of sp³-hybridized carbons (Fsp3) is 0.172. The Bertz CT molecular complexity index is 1420. The second-order valence-corrected chi connectivity index (χ2v) is 8.36. The molecule has 1 unspecified atom stereocenters. The van der Waals surface area contributed by atoms with E-state index in [1.165, 1.54) is 13.0 Å². The predicted molar refractivity (Wildman–Crippen MR) is 142 cm³/mol. The third kappa shape index (κ3) is 5.63. The van der Waals surface area contributed by atoms with Gasteiger partial charge in [-0.2, -0.15) is 0 Å². The van der Waals surface area contributed by atoms with Crippen molar-refractivity contribution in [2.24, 2.45) is 0 Å². The standard InChI is InChI=1S/C29H27N3O6/c1-17(2)26(35)23(34)16-38-18-13-14-19(22(33)15-18)27-30-28(20-9-5-7-11-24(20)36-3)32-29(31-27)21-10-6-8-12-25(21)37-4/h5-15,23,33-34H,1,16H2,2-4H3. The summed E-state index contributed by atoms with van der Waals surface area (Å²) < 4.78 is 16.5. The van der Waals surface area contributed by atoms with Gasteiger partial charge < -0.3 is 24.4 Å². The zero-order valence-corrected chi connectivity index (χ0v) is 21.2. The van der Waals surface area contributed by atoms with Crippen molar-refractivity contribution < 1.29 is 29.2 Å². The SMILES string of the molecule is C=C(C)C(=O)C(O)COc1ccc(-c2nc(-c3ccccc3OC)nc(-c3ccccc3OC)n2)c(O)c1. The lowest BCUT2D eigenvalue weighted by Gasteiger charge is -2.14. The Hall–Kier alpha value is -4.76. The molecule has 4 aromatic rings. The molecular formula is C29H27N3O6. The molecule has 0 radical (unpaired) electrons. The molecule has 0 amide bonds. The topological polar surface area (TPSA) is 124 Å². The number of aromatic hydroxyl groups is 1. The van der Waals surface area contributed by atoms with E-state index in [0.717, 1.165) is 0 Å². The third-order valence-corrected chi connectivity index (χ3v) is 5.67. The number of methoxy groups -OCH3 is 2. The number of phenols is 1. The van der Waals surface area contributed by atoms with Crippen molar-refractivity contribution in [1.29, 1.82) is 0 Å². The van der Waals surface area contributed by atoms with Crippen LogP contribution in [-0.4, -0.2) is 57.9 Å². The first-order valence-corrected chi connectivity index (χ1v) is 11.7. The van der Waals surface area contributed by atoms with Crippen LogP contribution in [0.25, 0.3) is 34.2 Å². The van der Waals surface area contributed by atoms with Crippen molar-refractivity contribution in [3.63, 3.8) is 0 Å². The van der Waals surface area contributed by atoms with Crippen molar-refractivity contribution in [3.8, 4) is 57.2 Å². The van der Waals surface area contributed by atoms with Crippen molar-refractivity contribution in [2.75, 3.05) is 20.8 Å². The van der Waals surface area contributed by atoms with Crippen LogP contribution in [-0.2, 0) is 4.79 Å². The molecule has 0 saturated heterocycles. The zero-order chi connectivity index (χ0) is 27.2. The number of para-hydroxylation sites is 2. The van der Waals surface area contributed by atoms with Gasteiger partial charge in [0.2, 0.25) is 0 Å². The number of ether oxygens (including phenoxy) is 3. The second kappa shape index (κ2) is 11.5. The minimum absolute atomic E-state index is 0.161. The molecule has 194 valence electrons. The molecule has 1 aromatic heterocycles. The molecule has 0 spiro atoms. The summed E-state index contributed by atoms with van der Waals surface area (Å²) in [6.45, 7) is 4.76. The summed E-state index contributed by atoms with van der Waals surface area (Å²) >= 11 is 0. The number of ketones is 1. The van der Waals surface area contributed by atoms with Gasteiger partial charge in [0.05, 0.1) is 30.9 Å². The number of phenolic OH excluding ortho intramolecular Hbond substituents is 1. The predicted octanol–water partition coefficient (Wildman–Crippen LogP) is 4.48. The van der Waals surface area contributed by atoms with Gasteiger partial charge in [-0.05, 0) is 48.9 Å². The average molecular weight is 514 g/mol. The maximum Gasteiger partial charge on any atom is 0.189 e. The molecule has 1 heterocycles. The first kappa shape index (κ1) is 26.3. The summed E-state index contributed by atoms with van der Waals surface area (Å²) in [6, 6.07) is 19.2. The molecule has 3 aromatic carbocycles. The van der Waals surface area contributed by atoms with E-state index in [0.29, 0.717) is 39.8 Å². The third-order valence-electron chi connectivity index (χ3n) is 5.67. The van der Waals surface area contributed by atoms with E-state index in [9.17, 15) is 15.0 Å². The molecule has 0 aliphatic carbocycles. The van der Waals surface area contributed by atoms with Gasteiger partial charge in [0, 0.05) is 6.07 Å². The van der Waals surface area contributed by atoms with Crippen molar-refractivity contribution >= 4 is 5.78 Å². The molecule has 0 aliphatic rings. The van der Waals surface area contributed by atoms with Gasteiger partial charge in [-0.25, -0.2) is 15.0 Å². The van der Waals surface area contributed by atoms with Gasteiger partial charge in [0.1, 0.15) is 29.6 Å². The lowest BCUT2D eigenvalue weighted by molar-refractivity contribution is -0.124. The van der Waals surface area contributed by atoms with Crippen LogP contribution in [0, 0.1) is 0 Å². The van der Waals surface area contributed by atoms with Crippen LogP contribution in [0.4, 0.5) is 0 Å². The number of carbonyl (C=O) groups is 1. The first-order chi connectivity index (χ1) is 18.3. The molecule has 38 heavy (non-hydrogen) atoms. The zero-order valence-electron chi connectivity index (χ0n) is 21.2. The molecule has 0 bridgehead atoms. The summed E-state index contributed by atoms with van der Waals surface area (Å²) in [6.07, 6.45) is -1.36. The Kier molecular flexibility index (Phi) is 7.98. The number of rotatable bonds is 10. The highest BCUT2D eigenvalue weighted by Gasteiger charge is 2.20. The highest BCUT2D eigenvalue weighted by molar-refractivity contribution is 5.97. The molecule has 0 aliphatic heterocycles. The van der Waals surface area contributed by atoms with E-state index < -0.39 is 11.9 Å². The summed E-state index contributed by atoms with van der Waals surface area (Å²) in [5, 5.41) is 20.8. The minimum Gasteiger partial charge on any atom is -0.507 e. The monoisotopic (exact) mass is 513 g/mol.